The van der Waals surface area contributed by atoms with Gasteiger partial charge in [-0.05, 0) is 18.2 Å². The minimum Gasteiger partial charge on any atom is -0.441 e. The number of halogens is 1. The van der Waals surface area contributed by atoms with E-state index >= 15 is 0 Å². The fourth-order valence-electron chi connectivity index (χ4n) is 2.09. The molecule has 1 unspecified atom stereocenters. The van der Waals surface area contributed by atoms with Crippen LogP contribution >= 0.6 is 23.4 Å². The molecule has 108 valence electrons. The van der Waals surface area contributed by atoms with E-state index in [1.807, 2.05) is 49.6 Å². The molecular formula is C16H16ClN2OS+. The first-order valence-corrected chi connectivity index (χ1v) is 8.20. The lowest BCUT2D eigenvalue weighted by Gasteiger charge is -2.05. The van der Waals surface area contributed by atoms with E-state index in [0.717, 1.165) is 16.9 Å². The van der Waals surface area contributed by atoms with Crippen LogP contribution in [0.3, 0.4) is 0 Å². The Hall–Kier alpha value is -1.52. The lowest BCUT2D eigenvalue weighted by molar-refractivity contribution is -0.708. The first-order chi connectivity index (χ1) is 10.2. The minimum absolute atomic E-state index is 0.0109. The maximum absolute atomic E-state index is 6.42. The van der Waals surface area contributed by atoms with Crippen molar-refractivity contribution in [3.05, 3.63) is 54.6 Å². The second kappa shape index (κ2) is 6.50. The van der Waals surface area contributed by atoms with Gasteiger partial charge < -0.3 is 4.42 Å². The zero-order chi connectivity index (χ0) is 14.7. The van der Waals surface area contributed by atoms with Gasteiger partial charge in [0.1, 0.15) is 12.6 Å². The fraction of sp³-hybridized carbons (Fsp3) is 0.250. The van der Waals surface area contributed by atoms with Crippen molar-refractivity contribution in [2.24, 2.45) is 7.05 Å². The van der Waals surface area contributed by atoms with E-state index in [0.29, 0.717) is 12.3 Å². The smallest absolute Gasteiger partial charge is 0.239 e. The number of para-hydroxylation sites is 2. The van der Waals surface area contributed by atoms with Crippen molar-refractivity contribution in [3.8, 4) is 0 Å². The molecule has 3 nitrogen and oxygen atoms in total. The predicted octanol–water partition coefficient (Wildman–Crippen LogP) is 3.59. The molecule has 0 fully saturated rings. The molecular weight excluding hydrogens is 304 g/mol. The Bertz CT molecular complexity index is 711. The van der Waals surface area contributed by atoms with Crippen LogP contribution in [0.1, 0.15) is 5.89 Å². The average Bonchev–Trinajstić information content (AvgIpc) is 2.88. The Morgan fingerprint density at radius 1 is 1.24 bits per heavy atom. The number of hydrogen-bond donors (Lipinski definition) is 0. The molecule has 3 aromatic rings. The summed E-state index contributed by atoms with van der Waals surface area (Å²) in [6.45, 7) is 0. The molecule has 0 bridgehead atoms. The van der Waals surface area contributed by atoms with Gasteiger partial charge in [0.15, 0.2) is 17.7 Å². The van der Waals surface area contributed by atoms with Gasteiger partial charge in [-0.1, -0.05) is 23.9 Å². The number of nitrogens with zero attached hydrogens (tertiary/aromatic N) is 2. The molecule has 0 amide bonds. The Kier molecular flexibility index (Phi) is 4.46. The van der Waals surface area contributed by atoms with E-state index in [4.69, 9.17) is 16.0 Å². The van der Waals surface area contributed by atoms with Gasteiger partial charge in [-0.25, -0.2) is 4.98 Å². The van der Waals surface area contributed by atoms with Crippen LogP contribution in [0.5, 0.6) is 0 Å². The minimum atomic E-state index is -0.0109. The number of fused-ring (bicyclic) bond motifs is 1. The van der Waals surface area contributed by atoms with Crippen LogP contribution in [-0.4, -0.2) is 16.1 Å². The van der Waals surface area contributed by atoms with E-state index < -0.39 is 0 Å². The van der Waals surface area contributed by atoms with Crippen molar-refractivity contribution in [2.45, 2.75) is 16.8 Å². The maximum atomic E-state index is 6.42. The summed E-state index contributed by atoms with van der Waals surface area (Å²) in [5, 5.41) is 1.18. The first-order valence-electron chi connectivity index (χ1n) is 6.78. The standard InChI is InChI=1S/C16H16ClN2OS/c1-19-9-5-4-8-16(19)21-11-12(17)10-15-18-13-6-2-3-7-14(13)20-15/h2-9,12H,10-11H2,1H3/q+1. The molecule has 3 rings (SSSR count). The molecule has 0 spiro atoms. The Morgan fingerprint density at radius 2 is 2.05 bits per heavy atom. The molecule has 0 radical (unpaired) electrons. The Labute approximate surface area is 132 Å². The van der Waals surface area contributed by atoms with Crippen molar-refractivity contribution < 1.29 is 8.98 Å². The second-order valence-electron chi connectivity index (χ2n) is 4.84. The highest BCUT2D eigenvalue weighted by atomic mass is 35.5. The van der Waals surface area contributed by atoms with Gasteiger partial charge in [0.05, 0.1) is 5.38 Å². The molecule has 0 N–H and O–H groups in total. The summed E-state index contributed by atoms with van der Waals surface area (Å²) in [5.74, 6) is 1.52. The maximum Gasteiger partial charge on any atom is 0.239 e. The fourth-order valence-corrected chi connectivity index (χ4v) is 3.32. The van der Waals surface area contributed by atoms with Gasteiger partial charge in [-0.2, -0.15) is 4.57 Å². The van der Waals surface area contributed by atoms with Crippen LogP contribution in [0.2, 0.25) is 0 Å². The Balaban J connectivity index is 1.61. The van der Waals surface area contributed by atoms with Crippen LogP contribution in [0.4, 0.5) is 0 Å². The van der Waals surface area contributed by atoms with Crippen molar-refractivity contribution >= 4 is 34.5 Å². The molecule has 2 aromatic heterocycles. The largest absolute Gasteiger partial charge is 0.441 e. The number of thioether (sulfide) groups is 1. The molecule has 1 atom stereocenters. The molecule has 0 aliphatic rings. The summed E-state index contributed by atoms with van der Waals surface area (Å²) in [4.78, 5) is 4.46. The van der Waals surface area contributed by atoms with Gasteiger partial charge in [-0.3, -0.25) is 0 Å². The highest BCUT2D eigenvalue weighted by Gasteiger charge is 2.14. The van der Waals surface area contributed by atoms with E-state index in [2.05, 4.69) is 15.6 Å². The van der Waals surface area contributed by atoms with E-state index in [1.165, 1.54) is 5.03 Å². The van der Waals surface area contributed by atoms with Crippen molar-refractivity contribution in [3.63, 3.8) is 0 Å². The summed E-state index contributed by atoms with van der Waals surface area (Å²) in [7, 11) is 2.03. The molecule has 0 aliphatic heterocycles. The second-order valence-corrected chi connectivity index (χ2v) is 6.50. The highest BCUT2D eigenvalue weighted by Crippen LogP contribution is 2.21. The summed E-state index contributed by atoms with van der Waals surface area (Å²) in [6.07, 6.45) is 2.67. The number of aromatic nitrogens is 2. The normalized spacial score (nSPS) is 12.7. The molecule has 1 aromatic carbocycles. The zero-order valence-electron chi connectivity index (χ0n) is 11.7. The Morgan fingerprint density at radius 3 is 2.86 bits per heavy atom. The van der Waals surface area contributed by atoms with Gasteiger partial charge >= 0.3 is 0 Å². The van der Waals surface area contributed by atoms with Crippen LogP contribution < -0.4 is 4.57 Å². The predicted molar refractivity (Wildman–Crippen MR) is 85.7 cm³/mol. The lowest BCUT2D eigenvalue weighted by Crippen LogP contribution is -2.30. The summed E-state index contributed by atoms with van der Waals surface area (Å²) in [6, 6.07) is 13.9. The van der Waals surface area contributed by atoms with Crippen LogP contribution in [0.15, 0.2) is 58.1 Å². The number of pyridine rings is 1. The number of hydrogen-bond acceptors (Lipinski definition) is 3. The quantitative estimate of drug-likeness (QED) is 0.409. The highest BCUT2D eigenvalue weighted by molar-refractivity contribution is 7.99. The van der Waals surface area contributed by atoms with Crippen LogP contribution in [-0.2, 0) is 13.5 Å². The van der Waals surface area contributed by atoms with Crippen molar-refractivity contribution in [2.75, 3.05) is 5.75 Å². The topological polar surface area (TPSA) is 29.9 Å². The summed E-state index contributed by atoms with van der Waals surface area (Å²) < 4.78 is 7.80. The third kappa shape index (κ3) is 3.57. The zero-order valence-corrected chi connectivity index (χ0v) is 13.3. The monoisotopic (exact) mass is 319 g/mol. The molecule has 0 saturated heterocycles. The summed E-state index contributed by atoms with van der Waals surface area (Å²) in [5.41, 5.74) is 1.71. The van der Waals surface area contributed by atoms with Gasteiger partial charge in [0.2, 0.25) is 5.03 Å². The molecule has 0 saturated carbocycles. The van der Waals surface area contributed by atoms with Gasteiger partial charge in [0, 0.05) is 24.3 Å². The number of benzene rings is 1. The third-order valence-corrected chi connectivity index (χ3v) is 4.93. The SMILES string of the molecule is C[n+]1ccccc1SCC(Cl)Cc1nc2ccccc2o1. The third-order valence-electron chi connectivity index (χ3n) is 3.15. The first kappa shape index (κ1) is 14.4. The lowest BCUT2D eigenvalue weighted by atomic mass is 10.3. The molecule has 2 heterocycles. The molecule has 21 heavy (non-hydrogen) atoms. The van der Waals surface area contributed by atoms with Gasteiger partial charge in [0.25, 0.3) is 0 Å². The average molecular weight is 320 g/mol. The number of aryl methyl sites for hydroxylation is 1. The number of rotatable bonds is 5. The van der Waals surface area contributed by atoms with Crippen molar-refractivity contribution in [1.29, 1.82) is 0 Å². The number of alkyl halides is 1. The van der Waals surface area contributed by atoms with Crippen LogP contribution in [0.25, 0.3) is 11.1 Å². The van der Waals surface area contributed by atoms with E-state index in [-0.39, 0.29) is 5.38 Å². The van der Waals surface area contributed by atoms with E-state index in [1.54, 1.807) is 11.8 Å². The summed E-state index contributed by atoms with van der Waals surface area (Å²) >= 11 is 8.16. The molecule has 0 aliphatic carbocycles. The van der Waals surface area contributed by atoms with E-state index in [9.17, 15) is 0 Å². The number of oxazole rings is 1. The molecule has 5 heteroatoms. The van der Waals surface area contributed by atoms with Gasteiger partial charge in [-0.15, -0.1) is 11.6 Å². The van der Waals surface area contributed by atoms with Crippen molar-refractivity contribution in [1.82, 2.24) is 4.98 Å². The van der Waals surface area contributed by atoms with Crippen LogP contribution in [0, 0.1) is 0 Å².